The average Bonchev–Trinajstić information content (AvgIpc) is 2.87. The van der Waals surface area contributed by atoms with Gasteiger partial charge in [-0.15, -0.1) is 13.2 Å². The van der Waals surface area contributed by atoms with Crippen LogP contribution in [-0.4, -0.2) is 33.6 Å². The first-order chi connectivity index (χ1) is 18.1. The highest BCUT2D eigenvalue weighted by atomic mass is 35.5. The summed E-state index contributed by atoms with van der Waals surface area (Å²) in [5, 5.41) is 0.644. The Morgan fingerprint density at radius 1 is 1.11 bits per heavy atom. The van der Waals surface area contributed by atoms with Crippen LogP contribution >= 0.6 is 11.6 Å². The molecule has 2 aromatic carbocycles. The van der Waals surface area contributed by atoms with Gasteiger partial charge in [0.1, 0.15) is 11.4 Å². The van der Waals surface area contributed by atoms with E-state index in [0.717, 1.165) is 10.1 Å². The van der Waals surface area contributed by atoms with Crippen LogP contribution in [0.1, 0.15) is 17.5 Å². The van der Waals surface area contributed by atoms with Gasteiger partial charge in [-0.25, -0.2) is 9.78 Å². The SMILES string of the molecule is Cn1c(=O)n(CCCOC=O)c(=O)c2c(Cc3ccc(Cl)cc3)c(-c3cccc(OC(F)(F)F)c3)cnc21. The van der Waals surface area contributed by atoms with Gasteiger partial charge in [-0.3, -0.25) is 18.7 Å². The molecule has 0 bridgehead atoms. The van der Waals surface area contributed by atoms with Crippen LogP contribution in [-0.2, 0) is 29.5 Å². The molecule has 0 atom stereocenters. The lowest BCUT2D eigenvalue weighted by Gasteiger charge is -2.17. The minimum Gasteiger partial charge on any atom is -0.468 e. The van der Waals surface area contributed by atoms with Gasteiger partial charge in [0.2, 0.25) is 0 Å². The van der Waals surface area contributed by atoms with Crippen molar-refractivity contribution < 1.29 is 27.4 Å². The zero-order valence-corrected chi connectivity index (χ0v) is 20.8. The molecule has 0 radical (unpaired) electrons. The Labute approximate surface area is 218 Å². The van der Waals surface area contributed by atoms with Crippen molar-refractivity contribution in [2.45, 2.75) is 25.7 Å². The normalized spacial score (nSPS) is 11.5. The van der Waals surface area contributed by atoms with Gasteiger partial charge in [0.05, 0.1) is 12.0 Å². The van der Waals surface area contributed by atoms with Crippen LogP contribution in [0, 0.1) is 0 Å². The van der Waals surface area contributed by atoms with Crippen molar-refractivity contribution >= 4 is 29.1 Å². The molecular weight excluding hydrogens is 527 g/mol. The molecule has 0 saturated heterocycles. The van der Waals surface area contributed by atoms with Gasteiger partial charge in [-0.2, -0.15) is 0 Å². The van der Waals surface area contributed by atoms with E-state index in [-0.39, 0.29) is 43.5 Å². The van der Waals surface area contributed by atoms with Gasteiger partial charge in [0, 0.05) is 30.4 Å². The number of fused-ring (bicyclic) bond motifs is 1. The van der Waals surface area contributed by atoms with Crippen LogP contribution in [0.4, 0.5) is 13.2 Å². The summed E-state index contributed by atoms with van der Waals surface area (Å²) < 4.78 is 49.6. The second-order valence-corrected chi connectivity index (χ2v) is 8.78. The molecule has 4 rings (SSSR count). The highest BCUT2D eigenvalue weighted by Crippen LogP contribution is 2.33. The van der Waals surface area contributed by atoms with Crippen LogP contribution in [0.25, 0.3) is 22.2 Å². The molecule has 38 heavy (non-hydrogen) atoms. The number of nitrogens with zero attached hydrogens (tertiary/aromatic N) is 3. The van der Waals surface area contributed by atoms with E-state index in [1.807, 2.05) is 0 Å². The molecular formula is C26H21ClF3N3O5. The number of hydrogen-bond acceptors (Lipinski definition) is 6. The summed E-state index contributed by atoms with van der Waals surface area (Å²) in [5.74, 6) is -0.430. The number of carbonyl (C=O) groups excluding carboxylic acids is 1. The third-order valence-electron chi connectivity index (χ3n) is 5.85. The Kier molecular flexibility index (Phi) is 7.86. The third-order valence-corrected chi connectivity index (χ3v) is 6.10. The van der Waals surface area contributed by atoms with Gasteiger partial charge in [0.25, 0.3) is 12.0 Å². The summed E-state index contributed by atoms with van der Waals surface area (Å²) in [4.78, 5) is 41.4. The third kappa shape index (κ3) is 5.88. The topological polar surface area (TPSA) is 92.4 Å². The van der Waals surface area contributed by atoms with Gasteiger partial charge in [-0.05, 0) is 53.8 Å². The second kappa shape index (κ2) is 11.1. The molecule has 8 nitrogen and oxygen atoms in total. The van der Waals surface area contributed by atoms with Crippen LogP contribution in [0.15, 0.2) is 64.3 Å². The molecule has 0 spiro atoms. The van der Waals surface area contributed by atoms with Crippen LogP contribution in [0.5, 0.6) is 5.75 Å². The number of hydrogen-bond donors (Lipinski definition) is 0. The van der Waals surface area contributed by atoms with E-state index in [1.165, 1.54) is 36.0 Å². The van der Waals surface area contributed by atoms with Crippen LogP contribution in [0.2, 0.25) is 5.02 Å². The first-order valence-electron chi connectivity index (χ1n) is 11.4. The minimum atomic E-state index is -4.88. The molecule has 4 aromatic rings. The fraction of sp³-hybridized carbons (Fsp3) is 0.231. The van der Waals surface area contributed by atoms with E-state index in [4.69, 9.17) is 11.6 Å². The summed E-state index contributed by atoms with van der Waals surface area (Å²) in [5.41, 5.74) is 0.860. The van der Waals surface area contributed by atoms with E-state index >= 15 is 0 Å². The maximum absolute atomic E-state index is 13.7. The molecule has 198 valence electrons. The van der Waals surface area contributed by atoms with Crippen LogP contribution < -0.4 is 16.0 Å². The van der Waals surface area contributed by atoms with Crippen molar-refractivity contribution in [2.75, 3.05) is 6.61 Å². The number of aromatic nitrogens is 3. The van der Waals surface area contributed by atoms with E-state index < -0.39 is 23.4 Å². The van der Waals surface area contributed by atoms with Gasteiger partial charge in [-0.1, -0.05) is 35.9 Å². The first-order valence-corrected chi connectivity index (χ1v) is 11.7. The van der Waals surface area contributed by atoms with Crippen molar-refractivity contribution in [3.8, 4) is 16.9 Å². The van der Waals surface area contributed by atoms with Crippen molar-refractivity contribution in [1.29, 1.82) is 0 Å². The van der Waals surface area contributed by atoms with Crippen molar-refractivity contribution in [1.82, 2.24) is 14.1 Å². The van der Waals surface area contributed by atoms with E-state index in [0.29, 0.717) is 21.7 Å². The molecule has 0 fully saturated rings. The maximum atomic E-state index is 13.7. The Morgan fingerprint density at radius 3 is 2.53 bits per heavy atom. The lowest BCUT2D eigenvalue weighted by Crippen LogP contribution is -2.40. The Bertz CT molecular complexity index is 1600. The molecule has 2 heterocycles. The molecule has 0 N–H and O–H groups in total. The number of ether oxygens (including phenoxy) is 2. The summed E-state index contributed by atoms with van der Waals surface area (Å²) in [7, 11) is 1.47. The Hall–Kier alpha value is -4.12. The highest BCUT2D eigenvalue weighted by molar-refractivity contribution is 6.30. The fourth-order valence-electron chi connectivity index (χ4n) is 4.16. The molecule has 12 heteroatoms. The van der Waals surface area contributed by atoms with Gasteiger partial charge >= 0.3 is 12.1 Å². The molecule has 0 saturated carbocycles. The minimum absolute atomic E-state index is 0.0129. The largest absolute Gasteiger partial charge is 0.573 e. The van der Waals surface area contributed by atoms with E-state index in [1.54, 1.807) is 30.3 Å². The number of pyridine rings is 1. The van der Waals surface area contributed by atoms with Crippen molar-refractivity contribution in [3.63, 3.8) is 0 Å². The Morgan fingerprint density at radius 2 is 1.84 bits per heavy atom. The maximum Gasteiger partial charge on any atom is 0.573 e. The van der Waals surface area contributed by atoms with E-state index in [2.05, 4.69) is 14.5 Å². The summed E-state index contributed by atoms with van der Waals surface area (Å²) in [6, 6.07) is 12.2. The molecule has 0 aliphatic heterocycles. The first kappa shape index (κ1) is 26.9. The molecule has 0 unspecified atom stereocenters. The van der Waals surface area contributed by atoms with E-state index in [9.17, 15) is 27.6 Å². The number of rotatable bonds is 9. The molecule has 2 aromatic heterocycles. The zero-order chi connectivity index (χ0) is 27.4. The van der Waals surface area contributed by atoms with Crippen molar-refractivity contribution in [2.24, 2.45) is 7.05 Å². The van der Waals surface area contributed by atoms with Crippen molar-refractivity contribution in [3.05, 3.63) is 91.7 Å². The van der Waals surface area contributed by atoms with Gasteiger partial charge in [0.15, 0.2) is 0 Å². The second-order valence-electron chi connectivity index (χ2n) is 8.35. The lowest BCUT2D eigenvalue weighted by atomic mass is 9.94. The summed E-state index contributed by atoms with van der Waals surface area (Å²) in [6.45, 7) is 0.270. The summed E-state index contributed by atoms with van der Waals surface area (Å²) in [6.07, 6.45) is -3.05. The van der Waals surface area contributed by atoms with Gasteiger partial charge < -0.3 is 9.47 Å². The standard InChI is InChI=1S/C26H21ClF3N3O5/c1-32-23-22(24(35)33(25(32)36)10-3-11-37-15-34)20(12-16-6-8-18(27)9-7-16)21(14-31-23)17-4-2-5-19(13-17)38-26(28,29)30/h2,4-9,13-15H,3,10-12H2,1H3. The zero-order valence-electron chi connectivity index (χ0n) is 20.0. The predicted molar refractivity (Wildman–Crippen MR) is 134 cm³/mol. The molecule has 0 amide bonds. The monoisotopic (exact) mass is 547 g/mol. The smallest absolute Gasteiger partial charge is 0.468 e. The quantitative estimate of drug-likeness (QED) is 0.227. The Balaban J connectivity index is 1.96. The molecule has 0 aliphatic rings. The molecule has 0 aliphatic carbocycles. The number of halogens is 4. The highest BCUT2D eigenvalue weighted by Gasteiger charge is 2.31. The van der Waals surface area contributed by atoms with Crippen LogP contribution in [0.3, 0.4) is 0 Å². The summed E-state index contributed by atoms with van der Waals surface area (Å²) >= 11 is 6.02. The average molecular weight is 548 g/mol. The predicted octanol–water partition coefficient (Wildman–Crippen LogP) is 4.47. The number of alkyl halides is 3. The number of carbonyl (C=O) groups is 1. The number of benzene rings is 2. The lowest BCUT2D eigenvalue weighted by molar-refractivity contribution is -0.274. The fourth-order valence-corrected chi connectivity index (χ4v) is 4.29. The number of aryl methyl sites for hydroxylation is 1.